The number of hydrogen-bond acceptors (Lipinski definition) is 2. The molecule has 1 N–H and O–H groups in total. The van der Waals surface area contributed by atoms with Gasteiger partial charge >= 0.3 is 0 Å². The van der Waals surface area contributed by atoms with Crippen molar-refractivity contribution in [2.75, 3.05) is 7.05 Å². The number of alkyl halides is 2. The number of rotatable bonds is 6. The van der Waals surface area contributed by atoms with E-state index < -0.39 is 12.5 Å². The van der Waals surface area contributed by atoms with E-state index in [1.165, 1.54) is 0 Å². The van der Waals surface area contributed by atoms with E-state index in [9.17, 15) is 8.78 Å². The zero-order chi connectivity index (χ0) is 12.1. The van der Waals surface area contributed by atoms with Crippen LogP contribution in [0.5, 0.6) is 0 Å². The molecule has 0 aliphatic heterocycles. The Hall–Kier alpha value is -0.970. The second-order valence-electron chi connectivity index (χ2n) is 3.98. The zero-order valence-corrected chi connectivity index (χ0v) is 9.95. The molecule has 0 amide bonds. The molecule has 2 atom stereocenters. The number of hydrogen-bond donors (Lipinski definition) is 1. The molecule has 1 heterocycles. The summed E-state index contributed by atoms with van der Waals surface area (Å²) < 4.78 is 26.9. The van der Waals surface area contributed by atoms with Gasteiger partial charge in [-0.15, -0.1) is 0 Å². The van der Waals surface area contributed by atoms with Gasteiger partial charge in [0.25, 0.3) is 6.43 Å². The number of nitrogens with zero attached hydrogens (tertiary/aromatic N) is 2. The van der Waals surface area contributed by atoms with E-state index in [0.717, 1.165) is 6.42 Å². The van der Waals surface area contributed by atoms with Gasteiger partial charge in [0, 0.05) is 18.7 Å². The minimum atomic E-state index is -2.36. The minimum absolute atomic E-state index is 0.262. The molecule has 0 saturated heterocycles. The highest BCUT2D eigenvalue weighted by molar-refractivity contribution is 5.02. The molecule has 1 aromatic heterocycles. The standard InChI is InChI=1S/C11H19F2N3/c1-4-8(2)16-6-5-9(15-16)7-10(14-3)11(12)13/h5-6,8,10-11,14H,4,7H2,1-3H3. The summed E-state index contributed by atoms with van der Waals surface area (Å²) in [4.78, 5) is 0. The Balaban J connectivity index is 2.64. The highest BCUT2D eigenvalue weighted by Crippen LogP contribution is 2.12. The Morgan fingerprint density at radius 2 is 2.19 bits per heavy atom. The largest absolute Gasteiger partial charge is 0.312 e. The predicted molar refractivity (Wildman–Crippen MR) is 59.8 cm³/mol. The van der Waals surface area contributed by atoms with Crippen LogP contribution in [0.1, 0.15) is 32.0 Å². The Kier molecular flexibility index (Phi) is 4.86. The maximum absolute atomic E-state index is 12.5. The molecular weight excluding hydrogens is 212 g/mol. The molecule has 92 valence electrons. The summed E-state index contributed by atoms with van der Waals surface area (Å²) in [5.74, 6) is 0. The van der Waals surface area contributed by atoms with Crippen LogP contribution in [0.3, 0.4) is 0 Å². The van der Waals surface area contributed by atoms with E-state index in [1.807, 2.05) is 10.9 Å². The van der Waals surface area contributed by atoms with Gasteiger partial charge in [-0.1, -0.05) is 6.92 Å². The first-order valence-electron chi connectivity index (χ1n) is 5.57. The predicted octanol–water partition coefficient (Wildman–Crippen LogP) is 2.25. The third-order valence-corrected chi connectivity index (χ3v) is 2.81. The van der Waals surface area contributed by atoms with Crippen LogP contribution in [0.2, 0.25) is 0 Å². The minimum Gasteiger partial charge on any atom is -0.312 e. The maximum Gasteiger partial charge on any atom is 0.254 e. The van der Waals surface area contributed by atoms with Gasteiger partial charge in [0.1, 0.15) is 0 Å². The molecule has 1 rings (SSSR count). The number of likely N-dealkylation sites (N-methyl/N-ethyl adjacent to an activating group) is 1. The van der Waals surface area contributed by atoms with E-state index in [-0.39, 0.29) is 6.42 Å². The van der Waals surface area contributed by atoms with Crippen molar-refractivity contribution in [3.05, 3.63) is 18.0 Å². The zero-order valence-electron chi connectivity index (χ0n) is 9.95. The van der Waals surface area contributed by atoms with Crippen molar-refractivity contribution in [3.8, 4) is 0 Å². The number of aromatic nitrogens is 2. The van der Waals surface area contributed by atoms with Gasteiger partial charge in [-0.2, -0.15) is 5.10 Å². The lowest BCUT2D eigenvalue weighted by Gasteiger charge is -2.13. The first-order chi connectivity index (χ1) is 7.58. The van der Waals surface area contributed by atoms with E-state index in [2.05, 4.69) is 24.3 Å². The summed E-state index contributed by atoms with van der Waals surface area (Å²) in [6, 6.07) is 1.30. The van der Waals surface area contributed by atoms with Crippen molar-refractivity contribution in [3.63, 3.8) is 0 Å². The molecule has 0 radical (unpaired) electrons. The smallest absolute Gasteiger partial charge is 0.254 e. The topological polar surface area (TPSA) is 29.9 Å². The van der Waals surface area contributed by atoms with Crippen LogP contribution in [0.4, 0.5) is 8.78 Å². The first-order valence-corrected chi connectivity index (χ1v) is 5.57. The maximum atomic E-state index is 12.5. The molecule has 16 heavy (non-hydrogen) atoms. The Morgan fingerprint density at radius 1 is 1.50 bits per heavy atom. The SMILES string of the molecule is CCC(C)n1ccc(CC(NC)C(F)F)n1. The molecule has 0 aromatic carbocycles. The second kappa shape index (κ2) is 5.94. The van der Waals surface area contributed by atoms with Gasteiger partial charge in [-0.05, 0) is 26.5 Å². The summed E-state index contributed by atoms with van der Waals surface area (Å²) in [6.07, 6.45) is 0.726. The lowest BCUT2D eigenvalue weighted by molar-refractivity contribution is 0.101. The van der Waals surface area contributed by atoms with E-state index in [0.29, 0.717) is 11.7 Å². The van der Waals surface area contributed by atoms with Crippen molar-refractivity contribution in [1.29, 1.82) is 0 Å². The lowest BCUT2D eigenvalue weighted by atomic mass is 10.2. The molecule has 1 aromatic rings. The van der Waals surface area contributed by atoms with Crippen molar-refractivity contribution in [2.24, 2.45) is 0 Å². The van der Waals surface area contributed by atoms with Crippen LogP contribution in [0.25, 0.3) is 0 Å². The number of halogens is 2. The van der Waals surface area contributed by atoms with Crippen LogP contribution >= 0.6 is 0 Å². The monoisotopic (exact) mass is 231 g/mol. The molecule has 0 saturated carbocycles. The van der Waals surface area contributed by atoms with E-state index in [4.69, 9.17) is 0 Å². The van der Waals surface area contributed by atoms with E-state index >= 15 is 0 Å². The number of nitrogens with one attached hydrogen (secondary N) is 1. The third kappa shape index (κ3) is 3.27. The van der Waals surface area contributed by atoms with Gasteiger partial charge < -0.3 is 5.32 Å². The molecule has 5 heteroatoms. The summed E-state index contributed by atoms with van der Waals surface area (Å²) in [7, 11) is 1.54. The highest BCUT2D eigenvalue weighted by Gasteiger charge is 2.19. The molecule has 0 aliphatic carbocycles. The lowest BCUT2D eigenvalue weighted by Crippen LogP contribution is -2.34. The molecule has 0 aliphatic rings. The molecule has 3 nitrogen and oxygen atoms in total. The van der Waals surface area contributed by atoms with Crippen LogP contribution in [-0.2, 0) is 6.42 Å². The first kappa shape index (κ1) is 13.1. The Morgan fingerprint density at radius 3 is 2.69 bits per heavy atom. The third-order valence-electron chi connectivity index (χ3n) is 2.81. The van der Waals surface area contributed by atoms with Crippen LogP contribution in [0.15, 0.2) is 12.3 Å². The Bertz CT molecular complexity index is 312. The van der Waals surface area contributed by atoms with Crippen molar-refractivity contribution in [1.82, 2.24) is 15.1 Å². The van der Waals surface area contributed by atoms with Gasteiger partial charge in [0.2, 0.25) is 0 Å². The van der Waals surface area contributed by atoms with Crippen molar-refractivity contribution >= 4 is 0 Å². The van der Waals surface area contributed by atoms with Gasteiger partial charge in [-0.25, -0.2) is 8.78 Å². The molecule has 0 fully saturated rings. The average molecular weight is 231 g/mol. The van der Waals surface area contributed by atoms with Crippen LogP contribution in [0, 0.1) is 0 Å². The summed E-state index contributed by atoms with van der Waals surface area (Å²) in [5.41, 5.74) is 0.708. The van der Waals surface area contributed by atoms with E-state index in [1.54, 1.807) is 13.1 Å². The fraction of sp³-hybridized carbons (Fsp3) is 0.727. The van der Waals surface area contributed by atoms with Crippen LogP contribution < -0.4 is 5.32 Å². The Labute approximate surface area is 94.8 Å². The fourth-order valence-corrected chi connectivity index (χ4v) is 1.46. The normalized spacial score (nSPS) is 15.4. The van der Waals surface area contributed by atoms with Crippen LogP contribution in [-0.4, -0.2) is 29.3 Å². The summed E-state index contributed by atoms with van der Waals surface area (Å²) in [6.45, 7) is 4.13. The highest BCUT2D eigenvalue weighted by atomic mass is 19.3. The fourth-order valence-electron chi connectivity index (χ4n) is 1.46. The van der Waals surface area contributed by atoms with Crippen molar-refractivity contribution in [2.45, 2.75) is 45.2 Å². The molecule has 0 spiro atoms. The van der Waals surface area contributed by atoms with Gasteiger partial charge in [0.05, 0.1) is 11.7 Å². The van der Waals surface area contributed by atoms with Crippen molar-refractivity contribution < 1.29 is 8.78 Å². The quantitative estimate of drug-likeness (QED) is 0.813. The van der Waals surface area contributed by atoms with Gasteiger partial charge in [0.15, 0.2) is 0 Å². The summed E-state index contributed by atoms with van der Waals surface area (Å²) in [5, 5.41) is 6.90. The summed E-state index contributed by atoms with van der Waals surface area (Å²) >= 11 is 0. The second-order valence-corrected chi connectivity index (χ2v) is 3.98. The molecular formula is C11H19F2N3. The molecule has 0 bridgehead atoms. The average Bonchev–Trinajstić information content (AvgIpc) is 2.72. The molecule has 2 unspecified atom stereocenters. The van der Waals surface area contributed by atoms with Gasteiger partial charge in [-0.3, -0.25) is 4.68 Å².